The van der Waals surface area contributed by atoms with Crippen molar-refractivity contribution in [2.75, 3.05) is 61.0 Å². The number of hydrogen-bond donors (Lipinski definition) is 0. The lowest BCUT2D eigenvalue weighted by atomic mass is 10.5. The molecule has 0 bridgehead atoms. The molecule has 1 radical (unpaired) electrons. The third-order valence-corrected chi connectivity index (χ3v) is 55.7. The largest absolute Gasteiger partial charge is 0.421 e. The second-order valence-electron chi connectivity index (χ2n) is 8.49. The lowest BCUT2D eigenvalue weighted by Crippen LogP contribution is -2.76. The van der Waals surface area contributed by atoms with Gasteiger partial charge in [0.25, 0.3) is 0 Å². The molecule has 0 saturated heterocycles. The zero-order valence-electron chi connectivity index (χ0n) is 19.8. The Balaban J connectivity index is 5.31. The molecule has 6 nitrogen and oxygen atoms in total. The van der Waals surface area contributed by atoms with Gasteiger partial charge in [0.05, 0.1) is 0 Å². The molecule has 0 N–H and O–H groups in total. The Bertz CT molecular complexity index is 339. The first-order chi connectivity index (χ1) is 13.0. The van der Waals surface area contributed by atoms with E-state index in [2.05, 4.69) is 39.3 Å². The number of ether oxygens (including phenoxy) is 3. The van der Waals surface area contributed by atoms with Gasteiger partial charge in [-0.05, 0) is 58.5 Å². The Hall–Kier alpha value is 0.628. The summed E-state index contributed by atoms with van der Waals surface area (Å²) in [6, 6.07) is 0. The topological polar surface area (TPSA) is 55.4 Å². The minimum atomic E-state index is -1.93. The van der Waals surface area contributed by atoms with Gasteiger partial charge in [0.15, 0.2) is 23.5 Å². The Kier molecular flexibility index (Phi) is 14.9. The SMILES string of the molecule is COCCCO[Si](C)(C)[Si]([Si](C)(C)OCCCOC)[Si](C)(C)OCCCOC. The predicted octanol–water partition coefficient (Wildman–Crippen LogP) is 3.49. The van der Waals surface area contributed by atoms with Crippen molar-refractivity contribution in [2.45, 2.75) is 58.5 Å². The smallest absolute Gasteiger partial charge is 0.172 e. The average Bonchev–Trinajstić information content (AvgIpc) is 2.58. The molecule has 169 valence electrons. The molecule has 0 unspecified atom stereocenters. The summed E-state index contributed by atoms with van der Waals surface area (Å²) in [5.41, 5.74) is 0. The molecule has 0 heterocycles. The van der Waals surface area contributed by atoms with Crippen LogP contribution in [0.1, 0.15) is 19.3 Å². The van der Waals surface area contributed by atoms with Gasteiger partial charge < -0.3 is 27.5 Å². The number of hydrogen-bond acceptors (Lipinski definition) is 6. The summed E-state index contributed by atoms with van der Waals surface area (Å²) in [4.78, 5) is 0. The van der Waals surface area contributed by atoms with Gasteiger partial charge in [-0.1, -0.05) is 0 Å². The van der Waals surface area contributed by atoms with Crippen LogP contribution in [0.15, 0.2) is 0 Å². The summed E-state index contributed by atoms with van der Waals surface area (Å²) in [6.07, 6.45) is 2.82. The van der Waals surface area contributed by atoms with Crippen LogP contribution in [-0.2, 0) is 27.5 Å². The maximum absolute atomic E-state index is 6.59. The average molecular weight is 470 g/mol. The van der Waals surface area contributed by atoms with E-state index in [1.165, 1.54) is 0 Å². The van der Waals surface area contributed by atoms with Crippen LogP contribution in [0.5, 0.6) is 0 Å². The third kappa shape index (κ3) is 11.1. The van der Waals surface area contributed by atoms with Gasteiger partial charge in [0.1, 0.15) is 7.35 Å². The molecule has 10 heteroatoms. The molecule has 0 saturated carbocycles. The molecule has 0 rings (SSSR count). The van der Waals surface area contributed by atoms with Crippen LogP contribution >= 0.6 is 0 Å². The van der Waals surface area contributed by atoms with Crippen LogP contribution in [0.2, 0.25) is 39.3 Å². The standard InChI is InChI=1S/C18H45O6Si4/c1-19-13-10-16-22-26(4,5)25(27(6,7)23-17-11-14-20-2)28(8,9)24-18-12-15-21-3/h10-18H2,1-9H3. The maximum atomic E-state index is 6.59. The van der Waals surface area contributed by atoms with Crippen LogP contribution in [0, 0.1) is 0 Å². The van der Waals surface area contributed by atoms with Crippen molar-refractivity contribution in [1.82, 2.24) is 0 Å². The van der Waals surface area contributed by atoms with Crippen molar-refractivity contribution >= 4 is 30.9 Å². The van der Waals surface area contributed by atoms with Gasteiger partial charge in [-0.15, -0.1) is 0 Å². The molecule has 0 aromatic rings. The quantitative estimate of drug-likeness (QED) is 0.226. The summed E-state index contributed by atoms with van der Waals surface area (Å²) in [5, 5.41) is 0. The summed E-state index contributed by atoms with van der Waals surface area (Å²) < 4.78 is 35.3. The van der Waals surface area contributed by atoms with Crippen molar-refractivity contribution < 1.29 is 27.5 Å². The fourth-order valence-corrected chi connectivity index (χ4v) is 69.0. The Labute approximate surface area is 177 Å². The molecular formula is C18H45O6Si4. The second kappa shape index (κ2) is 14.6. The van der Waals surface area contributed by atoms with E-state index in [1.807, 2.05) is 0 Å². The molecule has 0 aliphatic rings. The van der Waals surface area contributed by atoms with Gasteiger partial charge in [0, 0.05) is 61.0 Å². The highest BCUT2D eigenvalue weighted by Gasteiger charge is 2.58. The summed E-state index contributed by atoms with van der Waals surface area (Å²) in [7, 11) is -1.48. The number of methoxy groups -OCH3 is 3. The van der Waals surface area contributed by atoms with Crippen LogP contribution in [0.25, 0.3) is 0 Å². The van der Waals surface area contributed by atoms with Crippen molar-refractivity contribution in [3.63, 3.8) is 0 Å². The molecule has 0 aliphatic carbocycles. The first-order valence-corrected chi connectivity index (χ1v) is 23.5. The normalized spacial score (nSPS) is 13.5. The first-order valence-electron chi connectivity index (χ1n) is 10.3. The van der Waals surface area contributed by atoms with E-state index < -0.39 is 30.9 Å². The molecular weight excluding hydrogens is 425 g/mol. The highest BCUT2D eigenvalue weighted by atomic mass is 29.9. The Morgan fingerprint density at radius 2 is 0.714 bits per heavy atom. The van der Waals surface area contributed by atoms with E-state index in [0.717, 1.165) is 58.9 Å². The van der Waals surface area contributed by atoms with E-state index in [9.17, 15) is 0 Å². The van der Waals surface area contributed by atoms with Gasteiger partial charge in [-0.3, -0.25) is 0 Å². The lowest BCUT2D eigenvalue weighted by molar-refractivity contribution is 0.170. The summed E-state index contributed by atoms with van der Waals surface area (Å²) in [5.74, 6) is 0. The monoisotopic (exact) mass is 469 g/mol. The van der Waals surface area contributed by atoms with Crippen molar-refractivity contribution in [2.24, 2.45) is 0 Å². The predicted molar refractivity (Wildman–Crippen MR) is 126 cm³/mol. The van der Waals surface area contributed by atoms with E-state index in [4.69, 9.17) is 27.5 Å². The highest BCUT2D eigenvalue weighted by Crippen LogP contribution is 2.29. The molecule has 0 aromatic heterocycles. The Morgan fingerprint density at radius 1 is 0.464 bits per heavy atom. The van der Waals surface area contributed by atoms with Crippen LogP contribution in [0.3, 0.4) is 0 Å². The first kappa shape index (κ1) is 28.6. The van der Waals surface area contributed by atoms with Crippen molar-refractivity contribution in [3.05, 3.63) is 0 Å². The second-order valence-corrected chi connectivity index (χ2v) is 39.0. The molecule has 0 fully saturated rings. The van der Waals surface area contributed by atoms with Crippen molar-refractivity contribution in [1.29, 1.82) is 0 Å². The van der Waals surface area contributed by atoms with Gasteiger partial charge in [0.2, 0.25) is 0 Å². The molecule has 0 aromatic carbocycles. The third-order valence-electron chi connectivity index (χ3n) is 4.67. The lowest BCUT2D eigenvalue weighted by Gasteiger charge is -2.46. The zero-order valence-corrected chi connectivity index (χ0v) is 23.8. The molecule has 28 heavy (non-hydrogen) atoms. The minimum absolute atomic E-state index is 0.745. The van der Waals surface area contributed by atoms with E-state index in [0.29, 0.717) is 0 Å². The van der Waals surface area contributed by atoms with E-state index in [-0.39, 0.29) is 0 Å². The van der Waals surface area contributed by atoms with Gasteiger partial charge in [-0.25, -0.2) is 0 Å². The maximum Gasteiger partial charge on any atom is 0.172 e. The van der Waals surface area contributed by atoms with Gasteiger partial charge >= 0.3 is 0 Å². The fourth-order valence-electron chi connectivity index (χ4n) is 3.98. The molecule has 0 spiro atoms. The summed E-state index contributed by atoms with van der Waals surface area (Å²) in [6.45, 7) is 18.8. The van der Waals surface area contributed by atoms with Crippen molar-refractivity contribution in [3.8, 4) is 0 Å². The van der Waals surface area contributed by atoms with Crippen LogP contribution in [0.4, 0.5) is 0 Å². The summed E-state index contributed by atoms with van der Waals surface area (Å²) >= 11 is 0. The van der Waals surface area contributed by atoms with Crippen LogP contribution < -0.4 is 0 Å². The highest BCUT2D eigenvalue weighted by molar-refractivity contribution is 7.79. The van der Waals surface area contributed by atoms with Gasteiger partial charge in [-0.2, -0.15) is 0 Å². The molecule has 0 amide bonds. The number of rotatable bonds is 18. The zero-order chi connectivity index (χ0) is 21.7. The van der Waals surface area contributed by atoms with E-state index in [1.54, 1.807) is 21.3 Å². The van der Waals surface area contributed by atoms with E-state index >= 15 is 0 Å². The van der Waals surface area contributed by atoms with Crippen LogP contribution in [-0.4, -0.2) is 91.8 Å². The molecule has 0 atom stereocenters. The minimum Gasteiger partial charge on any atom is -0.421 e. The fraction of sp³-hybridized carbons (Fsp3) is 1.00. The Morgan fingerprint density at radius 3 is 0.929 bits per heavy atom. The molecule has 0 aliphatic heterocycles.